The summed E-state index contributed by atoms with van der Waals surface area (Å²) < 4.78 is 6.01. The Labute approximate surface area is 218 Å². The molecule has 1 fully saturated rings. The lowest BCUT2D eigenvalue weighted by Gasteiger charge is -2.15. The van der Waals surface area contributed by atoms with Gasteiger partial charge < -0.3 is 9.72 Å². The molecular weight excluding hydrogens is 478 g/mol. The number of nitrogens with one attached hydrogen (secondary N) is 2. The van der Waals surface area contributed by atoms with Crippen molar-refractivity contribution in [3.63, 3.8) is 0 Å². The number of nitrogens with zero attached hydrogens (tertiary/aromatic N) is 7. The van der Waals surface area contributed by atoms with Crippen molar-refractivity contribution in [2.24, 2.45) is 0 Å². The van der Waals surface area contributed by atoms with Crippen LogP contribution in [0.4, 0.5) is 0 Å². The van der Waals surface area contributed by atoms with E-state index in [1.807, 2.05) is 42.6 Å². The van der Waals surface area contributed by atoms with E-state index in [4.69, 9.17) is 9.72 Å². The molecule has 0 saturated carbocycles. The highest BCUT2D eigenvalue weighted by molar-refractivity contribution is 5.95. The van der Waals surface area contributed by atoms with Gasteiger partial charge in [-0.05, 0) is 56.3 Å². The highest BCUT2D eigenvalue weighted by atomic mass is 16.5. The van der Waals surface area contributed by atoms with Crippen molar-refractivity contribution in [3.05, 3.63) is 67.4 Å². The van der Waals surface area contributed by atoms with Crippen LogP contribution in [0.5, 0.6) is 5.75 Å². The molecule has 7 heterocycles. The van der Waals surface area contributed by atoms with E-state index in [-0.39, 0.29) is 0 Å². The topological polar surface area (TPSA) is 121 Å². The fraction of sp³-hybridized carbons (Fsp3) is 0.214. The molecule has 0 bridgehead atoms. The molecule has 7 rings (SSSR count). The number of ether oxygens (including phenoxy) is 1. The first kappa shape index (κ1) is 22.5. The molecular formula is C28H25N9O. The third kappa shape index (κ3) is 4.24. The van der Waals surface area contributed by atoms with Gasteiger partial charge in [0.15, 0.2) is 17.1 Å². The maximum atomic E-state index is 6.01. The molecule has 1 aliphatic rings. The van der Waals surface area contributed by atoms with Gasteiger partial charge in [-0.25, -0.2) is 15.0 Å². The number of imidazole rings is 1. The Balaban J connectivity index is 1.20. The van der Waals surface area contributed by atoms with Crippen LogP contribution < -0.4 is 4.74 Å². The summed E-state index contributed by atoms with van der Waals surface area (Å²) in [5.74, 6) is 1.38. The fourth-order valence-corrected chi connectivity index (χ4v) is 4.96. The number of H-pyrrole nitrogens is 2. The van der Waals surface area contributed by atoms with Crippen LogP contribution in [0.2, 0.25) is 0 Å². The van der Waals surface area contributed by atoms with Crippen molar-refractivity contribution in [1.29, 1.82) is 0 Å². The number of fused-ring (bicyclic) bond motifs is 2. The minimum atomic E-state index is 0.605. The van der Waals surface area contributed by atoms with Gasteiger partial charge in [0.25, 0.3) is 0 Å². The first-order valence-electron chi connectivity index (χ1n) is 12.7. The molecule has 1 aliphatic heterocycles. The van der Waals surface area contributed by atoms with Crippen LogP contribution >= 0.6 is 0 Å². The van der Waals surface area contributed by atoms with Crippen LogP contribution in [0, 0.1) is 0 Å². The van der Waals surface area contributed by atoms with Crippen LogP contribution in [-0.2, 0) is 0 Å². The van der Waals surface area contributed by atoms with Gasteiger partial charge in [-0.3, -0.25) is 20.0 Å². The lowest BCUT2D eigenvalue weighted by atomic mass is 10.1. The van der Waals surface area contributed by atoms with Crippen LogP contribution in [0.1, 0.15) is 12.8 Å². The quantitative estimate of drug-likeness (QED) is 0.327. The number of rotatable bonds is 7. The number of hydrogen-bond acceptors (Lipinski definition) is 8. The smallest absolute Gasteiger partial charge is 0.181 e. The van der Waals surface area contributed by atoms with E-state index in [9.17, 15) is 0 Å². The number of likely N-dealkylation sites (tertiary alicyclic amines) is 1. The minimum Gasteiger partial charge on any atom is -0.491 e. The molecule has 0 spiro atoms. The second kappa shape index (κ2) is 9.64. The third-order valence-corrected chi connectivity index (χ3v) is 6.90. The van der Waals surface area contributed by atoms with Gasteiger partial charge in [-0.15, -0.1) is 0 Å². The molecule has 6 aromatic rings. The summed E-state index contributed by atoms with van der Waals surface area (Å²) >= 11 is 0. The summed E-state index contributed by atoms with van der Waals surface area (Å²) in [5.41, 5.74) is 6.40. The lowest BCUT2D eigenvalue weighted by Crippen LogP contribution is -2.25. The fourth-order valence-electron chi connectivity index (χ4n) is 4.96. The van der Waals surface area contributed by atoms with Gasteiger partial charge in [0.2, 0.25) is 0 Å². The van der Waals surface area contributed by atoms with Crippen molar-refractivity contribution >= 4 is 22.2 Å². The first-order chi connectivity index (χ1) is 18.8. The summed E-state index contributed by atoms with van der Waals surface area (Å²) in [4.78, 5) is 28.5. The van der Waals surface area contributed by atoms with Gasteiger partial charge in [0.1, 0.15) is 18.1 Å². The van der Waals surface area contributed by atoms with Crippen LogP contribution in [0.15, 0.2) is 67.4 Å². The van der Waals surface area contributed by atoms with E-state index in [1.165, 1.54) is 12.8 Å². The second-order valence-corrected chi connectivity index (χ2v) is 9.36. The SMILES string of the molecule is c1ccc(-c2ccnc3nc(-c4[nH]nc5ncc(-c6cncc(OCCN7CCCC7)c6)cc45)[nH]c23)nc1. The normalized spacial score (nSPS) is 14.0. The monoisotopic (exact) mass is 503 g/mol. The Hall–Kier alpha value is -4.70. The van der Waals surface area contributed by atoms with Gasteiger partial charge in [-0.1, -0.05) is 6.07 Å². The molecule has 1 saturated heterocycles. The van der Waals surface area contributed by atoms with Crippen molar-refractivity contribution < 1.29 is 4.74 Å². The summed E-state index contributed by atoms with van der Waals surface area (Å²) in [5, 5.41) is 8.35. The zero-order chi connectivity index (χ0) is 25.3. The molecule has 0 aliphatic carbocycles. The Morgan fingerprint density at radius 3 is 2.71 bits per heavy atom. The maximum absolute atomic E-state index is 6.01. The number of aromatic nitrogens is 8. The number of pyridine rings is 4. The van der Waals surface area contributed by atoms with Crippen molar-refractivity contribution in [2.45, 2.75) is 12.8 Å². The molecule has 0 unspecified atom stereocenters. The molecule has 0 radical (unpaired) electrons. The Kier molecular flexibility index (Phi) is 5.71. The summed E-state index contributed by atoms with van der Waals surface area (Å²) in [6.07, 6.45) is 11.4. The van der Waals surface area contributed by atoms with Gasteiger partial charge in [0.05, 0.1) is 22.8 Å². The van der Waals surface area contributed by atoms with Crippen LogP contribution in [-0.4, -0.2) is 71.2 Å². The molecule has 6 aromatic heterocycles. The molecule has 0 amide bonds. The summed E-state index contributed by atoms with van der Waals surface area (Å²) in [6, 6.07) is 11.8. The Morgan fingerprint density at radius 2 is 1.82 bits per heavy atom. The highest BCUT2D eigenvalue weighted by Crippen LogP contribution is 2.31. The Bertz CT molecular complexity index is 1720. The zero-order valence-corrected chi connectivity index (χ0v) is 20.6. The zero-order valence-electron chi connectivity index (χ0n) is 20.6. The molecule has 0 atom stereocenters. The summed E-state index contributed by atoms with van der Waals surface area (Å²) in [7, 11) is 0. The number of aromatic amines is 2. The average molecular weight is 504 g/mol. The predicted octanol–water partition coefficient (Wildman–Crippen LogP) is 4.49. The number of hydrogen-bond donors (Lipinski definition) is 2. The standard InChI is InChI=1S/C28H25N9O/c1-2-7-30-23(5-1)21-6-8-31-27-24(21)33-28(34-27)25-22-14-19(16-32-26(22)36-35-25)18-13-20(17-29-15-18)38-12-11-37-9-3-4-10-37/h1-2,5-8,13-17H,3-4,9-12H2,(H,31,33,34)(H,32,35,36). The van der Waals surface area contributed by atoms with Crippen molar-refractivity contribution in [1.82, 2.24) is 45.0 Å². The van der Waals surface area contributed by atoms with Gasteiger partial charge in [-0.2, -0.15) is 5.10 Å². The first-order valence-corrected chi connectivity index (χ1v) is 12.7. The molecule has 2 N–H and O–H groups in total. The van der Waals surface area contributed by atoms with E-state index >= 15 is 0 Å². The van der Waals surface area contributed by atoms with Crippen LogP contribution in [0.3, 0.4) is 0 Å². The van der Waals surface area contributed by atoms with Crippen LogP contribution in [0.25, 0.3) is 56.1 Å². The molecule has 0 aromatic carbocycles. The average Bonchev–Trinajstić information content (AvgIpc) is 3.73. The lowest BCUT2D eigenvalue weighted by molar-refractivity contribution is 0.237. The minimum absolute atomic E-state index is 0.605. The maximum Gasteiger partial charge on any atom is 0.181 e. The highest BCUT2D eigenvalue weighted by Gasteiger charge is 2.17. The second-order valence-electron chi connectivity index (χ2n) is 9.36. The molecule has 38 heavy (non-hydrogen) atoms. The van der Waals surface area contributed by atoms with E-state index in [0.717, 1.165) is 64.4 Å². The van der Waals surface area contributed by atoms with Crippen molar-refractivity contribution in [3.8, 4) is 39.7 Å². The van der Waals surface area contributed by atoms with E-state index in [1.54, 1.807) is 24.8 Å². The Morgan fingerprint density at radius 1 is 0.895 bits per heavy atom. The van der Waals surface area contributed by atoms with E-state index in [2.05, 4.69) is 40.0 Å². The molecule has 10 heteroatoms. The molecule has 10 nitrogen and oxygen atoms in total. The van der Waals surface area contributed by atoms with E-state index in [0.29, 0.717) is 23.7 Å². The predicted molar refractivity (Wildman–Crippen MR) is 144 cm³/mol. The summed E-state index contributed by atoms with van der Waals surface area (Å²) in [6.45, 7) is 3.90. The van der Waals surface area contributed by atoms with E-state index < -0.39 is 0 Å². The molecule has 188 valence electrons. The van der Waals surface area contributed by atoms with Gasteiger partial charge >= 0.3 is 0 Å². The largest absolute Gasteiger partial charge is 0.491 e. The van der Waals surface area contributed by atoms with Crippen molar-refractivity contribution in [2.75, 3.05) is 26.2 Å². The van der Waals surface area contributed by atoms with Gasteiger partial charge in [0, 0.05) is 48.0 Å². The third-order valence-electron chi connectivity index (χ3n) is 6.90.